The van der Waals surface area contributed by atoms with Crippen LogP contribution in [0.5, 0.6) is 11.5 Å². The number of nitrogens with two attached hydrogens (primary N) is 1. The number of aliphatic hydroxyl groups is 1. The molecule has 1 unspecified atom stereocenters. The molecule has 3 aromatic rings. The van der Waals surface area contributed by atoms with Crippen LogP contribution in [0, 0.1) is 0 Å². The molecule has 33 heavy (non-hydrogen) atoms. The first kappa shape index (κ1) is 22.9. The van der Waals surface area contributed by atoms with E-state index in [0.29, 0.717) is 18.7 Å². The largest absolute Gasteiger partial charge is 0.506 e. The third-order valence-corrected chi connectivity index (χ3v) is 6.05. The van der Waals surface area contributed by atoms with Gasteiger partial charge in [-0.05, 0) is 70.6 Å². The smallest absolute Gasteiger partial charge is 0.229 e. The Kier molecular flexibility index (Phi) is 6.46. The number of benzene rings is 3. The molecule has 0 spiro atoms. The minimum atomic E-state index is -3.54. The molecule has 0 radical (unpaired) electrons. The van der Waals surface area contributed by atoms with Gasteiger partial charge in [-0.2, -0.15) is 0 Å². The van der Waals surface area contributed by atoms with Gasteiger partial charge in [0, 0.05) is 18.8 Å². The normalized spacial score (nSPS) is 13.3. The number of aliphatic hydroxyl groups excluding tert-OH is 1. The van der Waals surface area contributed by atoms with Crippen molar-refractivity contribution >= 4 is 21.4 Å². The number of aromatic hydroxyl groups is 1. The molecule has 1 aliphatic carbocycles. The zero-order chi connectivity index (χ0) is 23.6. The Bertz CT molecular complexity index is 1280. The Hall–Kier alpha value is -3.27. The first-order chi connectivity index (χ1) is 15.7. The Labute approximate surface area is 193 Å². The van der Waals surface area contributed by atoms with Crippen molar-refractivity contribution in [2.24, 2.45) is 0 Å². The first-order valence-corrected chi connectivity index (χ1v) is 12.4. The highest BCUT2D eigenvalue weighted by Gasteiger charge is 2.19. The molecule has 0 bridgehead atoms. The first-order valence-electron chi connectivity index (χ1n) is 10.5. The number of ether oxygens (including phenoxy) is 1. The molecule has 0 heterocycles. The van der Waals surface area contributed by atoms with Crippen molar-refractivity contribution in [1.82, 2.24) is 5.32 Å². The van der Waals surface area contributed by atoms with Crippen LogP contribution in [0.4, 0.5) is 11.4 Å². The fourth-order valence-electron chi connectivity index (χ4n) is 3.94. The van der Waals surface area contributed by atoms with Gasteiger partial charge in [0.1, 0.15) is 18.1 Å². The van der Waals surface area contributed by atoms with E-state index in [1.54, 1.807) is 6.07 Å². The zero-order valence-electron chi connectivity index (χ0n) is 18.2. The Morgan fingerprint density at radius 2 is 1.79 bits per heavy atom. The Morgan fingerprint density at radius 1 is 1.06 bits per heavy atom. The topological polar surface area (TPSA) is 134 Å². The lowest BCUT2D eigenvalue weighted by Gasteiger charge is -2.15. The standard InChI is InChI=1S/C24H27N3O5S/c1-33(30,31)27-22-13-15(2-7-23(22)28)24(29)14-26-8-9-32-19-4-6-21-17(12-19)10-16-11-18(25)3-5-20(16)21/h2-7,11-13,24,26-29H,8-10,14,25H2,1H3. The number of hydrogen-bond acceptors (Lipinski definition) is 7. The minimum Gasteiger partial charge on any atom is -0.506 e. The lowest BCUT2D eigenvalue weighted by Crippen LogP contribution is -2.26. The molecule has 0 amide bonds. The van der Waals surface area contributed by atoms with Crippen molar-refractivity contribution in [2.75, 3.05) is 36.4 Å². The van der Waals surface area contributed by atoms with Gasteiger partial charge >= 0.3 is 0 Å². The van der Waals surface area contributed by atoms with Gasteiger partial charge in [0.15, 0.2) is 0 Å². The van der Waals surface area contributed by atoms with Gasteiger partial charge in [0.05, 0.1) is 18.0 Å². The van der Waals surface area contributed by atoms with E-state index in [4.69, 9.17) is 10.5 Å². The van der Waals surface area contributed by atoms with Crippen LogP contribution in [0.15, 0.2) is 54.6 Å². The number of hydrogen-bond donors (Lipinski definition) is 5. The molecule has 6 N–H and O–H groups in total. The summed E-state index contributed by atoms with van der Waals surface area (Å²) in [6.45, 7) is 1.17. The number of nitrogen functional groups attached to an aromatic ring is 1. The highest BCUT2D eigenvalue weighted by atomic mass is 32.2. The van der Waals surface area contributed by atoms with E-state index in [1.165, 1.54) is 34.4 Å². The molecule has 0 saturated carbocycles. The molecule has 0 aliphatic heterocycles. The van der Waals surface area contributed by atoms with Gasteiger partial charge in [0.25, 0.3) is 0 Å². The summed E-state index contributed by atoms with van der Waals surface area (Å²) in [6, 6.07) is 16.3. The molecular formula is C24H27N3O5S. The summed E-state index contributed by atoms with van der Waals surface area (Å²) in [4.78, 5) is 0. The van der Waals surface area contributed by atoms with Gasteiger partial charge in [-0.3, -0.25) is 4.72 Å². The van der Waals surface area contributed by atoms with Crippen LogP contribution in [-0.2, 0) is 16.4 Å². The van der Waals surface area contributed by atoms with Gasteiger partial charge < -0.3 is 26.0 Å². The van der Waals surface area contributed by atoms with Crippen molar-refractivity contribution in [3.8, 4) is 22.6 Å². The predicted octanol–water partition coefficient (Wildman–Crippen LogP) is 2.62. The van der Waals surface area contributed by atoms with Crippen LogP contribution < -0.4 is 20.5 Å². The minimum absolute atomic E-state index is 0.0267. The van der Waals surface area contributed by atoms with Crippen molar-refractivity contribution in [3.63, 3.8) is 0 Å². The van der Waals surface area contributed by atoms with Gasteiger partial charge in [-0.1, -0.05) is 18.2 Å². The maximum atomic E-state index is 11.4. The van der Waals surface area contributed by atoms with Crippen LogP contribution in [0.2, 0.25) is 0 Å². The summed E-state index contributed by atoms with van der Waals surface area (Å²) in [7, 11) is -3.54. The fourth-order valence-corrected chi connectivity index (χ4v) is 4.50. The van der Waals surface area contributed by atoms with Crippen molar-refractivity contribution in [1.29, 1.82) is 0 Å². The molecule has 174 valence electrons. The lowest BCUT2D eigenvalue weighted by atomic mass is 10.1. The van der Waals surface area contributed by atoms with E-state index in [9.17, 15) is 18.6 Å². The van der Waals surface area contributed by atoms with E-state index in [-0.39, 0.29) is 18.0 Å². The summed E-state index contributed by atoms with van der Waals surface area (Å²) in [5.74, 6) is 0.575. The van der Waals surface area contributed by atoms with Crippen LogP contribution in [0.25, 0.3) is 11.1 Å². The Morgan fingerprint density at radius 3 is 2.55 bits per heavy atom. The molecule has 8 nitrogen and oxygen atoms in total. The number of anilines is 2. The van der Waals surface area contributed by atoms with Gasteiger partial charge in [-0.25, -0.2) is 8.42 Å². The average Bonchev–Trinajstić information content (AvgIpc) is 3.10. The maximum absolute atomic E-state index is 11.4. The summed E-state index contributed by atoms with van der Waals surface area (Å²) in [6.07, 6.45) is 0.948. The van der Waals surface area contributed by atoms with Crippen molar-refractivity contribution in [2.45, 2.75) is 12.5 Å². The van der Waals surface area contributed by atoms with Crippen LogP contribution in [0.1, 0.15) is 22.8 Å². The molecule has 1 aliphatic rings. The van der Waals surface area contributed by atoms with Gasteiger partial charge in [0.2, 0.25) is 10.0 Å². The molecule has 3 aromatic carbocycles. The fraction of sp³-hybridized carbons (Fsp3) is 0.250. The van der Waals surface area contributed by atoms with Crippen molar-refractivity contribution < 1.29 is 23.4 Å². The summed E-state index contributed by atoms with van der Waals surface area (Å²) in [5.41, 5.74) is 12.0. The van der Waals surface area contributed by atoms with E-state index >= 15 is 0 Å². The molecule has 4 rings (SSSR count). The maximum Gasteiger partial charge on any atom is 0.229 e. The predicted molar refractivity (Wildman–Crippen MR) is 129 cm³/mol. The van der Waals surface area contributed by atoms with E-state index < -0.39 is 16.1 Å². The molecule has 1 atom stereocenters. The van der Waals surface area contributed by atoms with Crippen LogP contribution >= 0.6 is 0 Å². The zero-order valence-corrected chi connectivity index (χ0v) is 19.0. The second-order valence-electron chi connectivity index (χ2n) is 8.13. The van der Waals surface area contributed by atoms with E-state index in [2.05, 4.69) is 22.2 Å². The second kappa shape index (κ2) is 9.30. The molecule has 0 fully saturated rings. The SMILES string of the molecule is CS(=O)(=O)Nc1cc(C(O)CNCCOc2ccc3c(c2)Cc2cc(N)ccc2-3)ccc1O. The second-order valence-corrected chi connectivity index (χ2v) is 9.88. The van der Waals surface area contributed by atoms with Gasteiger partial charge in [-0.15, -0.1) is 0 Å². The number of phenols is 1. The third kappa shape index (κ3) is 5.57. The number of fused-ring (bicyclic) bond motifs is 3. The number of phenolic OH excluding ortho intramolecular Hbond substituents is 1. The Balaban J connectivity index is 1.26. The quantitative estimate of drug-likeness (QED) is 0.145. The number of sulfonamides is 1. The highest BCUT2D eigenvalue weighted by molar-refractivity contribution is 7.92. The molecule has 0 aromatic heterocycles. The van der Waals surface area contributed by atoms with E-state index in [1.807, 2.05) is 24.3 Å². The van der Waals surface area contributed by atoms with Crippen molar-refractivity contribution in [3.05, 3.63) is 71.3 Å². The number of rotatable bonds is 9. The number of nitrogens with one attached hydrogen (secondary N) is 2. The molecular weight excluding hydrogens is 442 g/mol. The van der Waals surface area contributed by atoms with Crippen LogP contribution in [-0.4, -0.2) is 44.6 Å². The third-order valence-electron chi connectivity index (χ3n) is 5.46. The lowest BCUT2D eigenvalue weighted by molar-refractivity contribution is 0.172. The monoisotopic (exact) mass is 469 g/mol. The summed E-state index contributed by atoms with van der Waals surface area (Å²) in [5, 5.41) is 23.3. The summed E-state index contributed by atoms with van der Waals surface area (Å²) >= 11 is 0. The summed E-state index contributed by atoms with van der Waals surface area (Å²) < 4.78 is 30.9. The average molecular weight is 470 g/mol. The molecule has 0 saturated heterocycles. The van der Waals surface area contributed by atoms with E-state index in [0.717, 1.165) is 24.1 Å². The molecule has 9 heteroatoms. The highest BCUT2D eigenvalue weighted by Crippen LogP contribution is 2.39. The van der Waals surface area contributed by atoms with Crippen LogP contribution in [0.3, 0.4) is 0 Å².